The molecule has 1 rings (SSSR count). The lowest BCUT2D eigenvalue weighted by atomic mass is 10.2. The number of aromatic amines is 1. The Morgan fingerprint density at radius 2 is 2.12 bits per heavy atom. The number of nitrogens with one attached hydrogen (secondary N) is 2. The third-order valence-electron chi connectivity index (χ3n) is 2.34. The number of aliphatic carboxylic acids is 1. The summed E-state index contributed by atoms with van der Waals surface area (Å²) < 4.78 is 0. The van der Waals surface area contributed by atoms with Gasteiger partial charge >= 0.3 is 5.97 Å². The lowest BCUT2D eigenvalue weighted by Crippen LogP contribution is -2.30. The number of carboxylic acid groups (broad SMARTS) is 1. The predicted octanol–water partition coefficient (Wildman–Crippen LogP) is -0.408. The third kappa shape index (κ3) is 3.28. The Hall–Kier alpha value is -1.89. The molecule has 1 atom stereocenters. The number of H-pyrrole nitrogens is 1. The van der Waals surface area contributed by atoms with Gasteiger partial charge in [0.25, 0.3) is 5.91 Å². The average Bonchev–Trinajstić information content (AvgIpc) is 2.58. The molecule has 7 nitrogen and oxygen atoms in total. The molecule has 1 amide bonds. The number of rotatable bonds is 5. The highest BCUT2D eigenvalue weighted by molar-refractivity contribution is 5.96. The fraction of sp³-hybridized carbons (Fsp3) is 0.500. The zero-order valence-electron chi connectivity index (χ0n) is 9.65. The highest BCUT2D eigenvalue weighted by atomic mass is 16.4. The van der Waals surface area contributed by atoms with E-state index in [1.807, 2.05) is 0 Å². The van der Waals surface area contributed by atoms with E-state index in [2.05, 4.69) is 15.5 Å². The number of amides is 1. The third-order valence-corrected chi connectivity index (χ3v) is 2.34. The molecule has 0 unspecified atom stereocenters. The molecule has 94 valence electrons. The minimum Gasteiger partial charge on any atom is -0.479 e. The predicted molar refractivity (Wildman–Crippen MR) is 58.7 cm³/mol. The van der Waals surface area contributed by atoms with Gasteiger partial charge in [-0.15, -0.1) is 0 Å². The number of hydrogen-bond donors (Lipinski definition) is 4. The number of aryl methyl sites for hydroxylation is 2. The van der Waals surface area contributed by atoms with Crippen molar-refractivity contribution in [2.45, 2.75) is 26.4 Å². The number of carboxylic acids is 1. The Bertz CT molecular complexity index is 408. The second-order valence-corrected chi connectivity index (χ2v) is 3.71. The van der Waals surface area contributed by atoms with Crippen molar-refractivity contribution < 1.29 is 19.8 Å². The number of nitrogens with zero attached hydrogens (tertiary/aromatic N) is 1. The second kappa shape index (κ2) is 5.44. The lowest BCUT2D eigenvalue weighted by molar-refractivity contribution is -0.146. The summed E-state index contributed by atoms with van der Waals surface area (Å²) in [7, 11) is 0. The van der Waals surface area contributed by atoms with Gasteiger partial charge in [-0.05, 0) is 13.8 Å². The van der Waals surface area contributed by atoms with Crippen LogP contribution in [-0.2, 0) is 4.79 Å². The van der Waals surface area contributed by atoms with Crippen molar-refractivity contribution >= 4 is 11.9 Å². The average molecular weight is 241 g/mol. The van der Waals surface area contributed by atoms with E-state index >= 15 is 0 Å². The summed E-state index contributed by atoms with van der Waals surface area (Å²) in [4.78, 5) is 22.0. The normalized spacial score (nSPS) is 12.2. The molecular formula is C10H15N3O4. The molecule has 1 heterocycles. The van der Waals surface area contributed by atoms with E-state index in [4.69, 9.17) is 10.2 Å². The van der Waals surface area contributed by atoms with Gasteiger partial charge in [0.05, 0.1) is 11.3 Å². The van der Waals surface area contributed by atoms with Gasteiger partial charge in [-0.2, -0.15) is 5.10 Å². The molecule has 0 saturated carbocycles. The van der Waals surface area contributed by atoms with E-state index in [0.717, 1.165) is 0 Å². The Morgan fingerprint density at radius 3 is 2.59 bits per heavy atom. The molecule has 0 aliphatic heterocycles. The molecular weight excluding hydrogens is 226 g/mol. The first-order chi connectivity index (χ1) is 7.93. The van der Waals surface area contributed by atoms with Gasteiger partial charge in [-0.3, -0.25) is 9.89 Å². The number of carbonyl (C=O) groups is 2. The van der Waals surface area contributed by atoms with Crippen LogP contribution < -0.4 is 5.32 Å². The Balaban J connectivity index is 2.49. The number of aromatic nitrogens is 2. The summed E-state index contributed by atoms with van der Waals surface area (Å²) in [6.45, 7) is 3.52. The molecule has 0 bridgehead atoms. The van der Waals surface area contributed by atoms with E-state index < -0.39 is 12.1 Å². The maximum atomic E-state index is 11.7. The van der Waals surface area contributed by atoms with Crippen LogP contribution in [0.5, 0.6) is 0 Å². The molecule has 0 spiro atoms. The molecule has 1 aromatic heterocycles. The van der Waals surface area contributed by atoms with Crippen LogP contribution in [0.25, 0.3) is 0 Å². The van der Waals surface area contributed by atoms with Crippen molar-refractivity contribution in [3.8, 4) is 0 Å². The van der Waals surface area contributed by atoms with E-state index in [1.54, 1.807) is 13.8 Å². The van der Waals surface area contributed by atoms with Crippen LogP contribution >= 0.6 is 0 Å². The second-order valence-electron chi connectivity index (χ2n) is 3.71. The van der Waals surface area contributed by atoms with Crippen LogP contribution in [0, 0.1) is 13.8 Å². The summed E-state index contributed by atoms with van der Waals surface area (Å²) in [5.41, 5.74) is 1.69. The zero-order chi connectivity index (χ0) is 13.0. The molecule has 0 aliphatic carbocycles. The van der Waals surface area contributed by atoms with Crippen LogP contribution in [-0.4, -0.2) is 44.9 Å². The first-order valence-corrected chi connectivity index (χ1v) is 5.14. The number of carbonyl (C=O) groups excluding carboxylic acids is 1. The van der Waals surface area contributed by atoms with Crippen LogP contribution in [0.3, 0.4) is 0 Å². The van der Waals surface area contributed by atoms with Crippen LogP contribution in [0.4, 0.5) is 0 Å². The van der Waals surface area contributed by atoms with E-state index in [-0.39, 0.29) is 18.9 Å². The first kappa shape index (κ1) is 13.2. The van der Waals surface area contributed by atoms with E-state index in [9.17, 15) is 9.59 Å². The van der Waals surface area contributed by atoms with Gasteiger partial charge in [0.2, 0.25) is 0 Å². The summed E-state index contributed by atoms with van der Waals surface area (Å²) in [5.74, 6) is -1.62. The molecule has 7 heteroatoms. The van der Waals surface area contributed by atoms with E-state index in [0.29, 0.717) is 17.0 Å². The molecule has 4 N–H and O–H groups in total. The fourth-order valence-corrected chi connectivity index (χ4v) is 1.42. The molecule has 0 radical (unpaired) electrons. The van der Waals surface area contributed by atoms with Crippen molar-refractivity contribution in [3.05, 3.63) is 17.0 Å². The quantitative estimate of drug-likeness (QED) is 0.559. The molecule has 0 saturated heterocycles. The molecule has 0 aliphatic rings. The van der Waals surface area contributed by atoms with Crippen molar-refractivity contribution in [3.63, 3.8) is 0 Å². The molecule has 1 aromatic rings. The highest BCUT2D eigenvalue weighted by Crippen LogP contribution is 2.08. The van der Waals surface area contributed by atoms with Crippen molar-refractivity contribution in [2.24, 2.45) is 0 Å². The van der Waals surface area contributed by atoms with Crippen molar-refractivity contribution in [2.75, 3.05) is 6.54 Å². The highest BCUT2D eigenvalue weighted by Gasteiger charge is 2.16. The Morgan fingerprint density at radius 1 is 1.47 bits per heavy atom. The fourth-order valence-electron chi connectivity index (χ4n) is 1.42. The minimum atomic E-state index is -1.46. The van der Waals surface area contributed by atoms with Gasteiger partial charge in [0, 0.05) is 18.7 Å². The molecule has 17 heavy (non-hydrogen) atoms. The maximum absolute atomic E-state index is 11.7. The van der Waals surface area contributed by atoms with E-state index in [1.165, 1.54) is 0 Å². The van der Waals surface area contributed by atoms with Gasteiger partial charge < -0.3 is 15.5 Å². The van der Waals surface area contributed by atoms with Crippen LogP contribution in [0.2, 0.25) is 0 Å². The van der Waals surface area contributed by atoms with Crippen LogP contribution in [0.1, 0.15) is 28.2 Å². The SMILES string of the molecule is Cc1n[nH]c(C)c1C(=O)NCC[C@H](O)C(=O)O. The number of aliphatic hydroxyl groups excluding tert-OH is 1. The van der Waals surface area contributed by atoms with Crippen LogP contribution in [0.15, 0.2) is 0 Å². The van der Waals surface area contributed by atoms with Crippen molar-refractivity contribution in [1.82, 2.24) is 15.5 Å². The van der Waals surface area contributed by atoms with Crippen molar-refractivity contribution in [1.29, 1.82) is 0 Å². The monoisotopic (exact) mass is 241 g/mol. The van der Waals surface area contributed by atoms with Gasteiger partial charge in [0.15, 0.2) is 6.10 Å². The standard InChI is InChI=1S/C10H15N3O4/c1-5-8(6(2)13-12-5)9(15)11-4-3-7(14)10(16)17/h7,14H,3-4H2,1-2H3,(H,11,15)(H,12,13)(H,16,17)/t7-/m0/s1. The summed E-state index contributed by atoms with van der Waals surface area (Å²) >= 11 is 0. The maximum Gasteiger partial charge on any atom is 0.332 e. The van der Waals surface area contributed by atoms with Gasteiger partial charge in [-0.25, -0.2) is 4.79 Å². The first-order valence-electron chi connectivity index (χ1n) is 5.14. The Labute approximate surface area is 97.8 Å². The lowest BCUT2D eigenvalue weighted by Gasteiger charge is -2.07. The summed E-state index contributed by atoms with van der Waals surface area (Å²) in [5, 5.41) is 26.5. The number of aliphatic hydroxyl groups is 1. The Kier molecular flexibility index (Phi) is 4.22. The smallest absolute Gasteiger partial charge is 0.332 e. The van der Waals surface area contributed by atoms with Gasteiger partial charge in [0.1, 0.15) is 0 Å². The zero-order valence-corrected chi connectivity index (χ0v) is 9.65. The number of hydrogen-bond acceptors (Lipinski definition) is 4. The topological polar surface area (TPSA) is 115 Å². The van der Waals surface area contributed by atoms with Gasteiger partial charge in [-0.1, -0.05) is 0 Å². The largest absolute Gasteiger partial charge is 0.479 e. The molecule has 0 fully saturated rings. The molecule has 0 aromatic carbocycles. The summed E-state index contributed by atoms with van der Waals surface area (Å²) in [6.07, 6.45) is -1.49. The minimum absolute atomic E-state index is 0.0307. The summed E-state index contributed by atoms with van der Waals surface area (Å²) in [6, 6.07) is 0.